The van der Waals surface area contributed by atoms with Crippen LogP contribution in [0.15, 0.2) is 48.5 Å². The molecule has 0 atom stereocenters. The topological polar surface area (TPSA) is 34.2 Å². The molecule has 0 aliphatic rings. The van der Waals surface area contributed by atoms with Crippen LogP contribution in [0.1, 0.15) is 0 Å². The molecule has 0 bridgehead atoms. The van der Waals surface area contributed by atoms with E-state index in [-0.39, 0.29) is 0 Å². The highest BCUT2D eigenvalue weighted by molar-refractivity contribution is 6.12. The largest absolute Gasteiger partial charge is 0.493 e. The molecule has 1 heterocycles. The molecule has 0 aliphatic carbocycles. The predicted octanol–water partition coefficient (Wildman–Crippen LogP) is 4.49. The molecule has 3 aromatic carbocycles. The van der Waals surface area contributed by atoms with Crippen LogP contribution in [0.2, 0.25) is 0 Å². The van der Waals surface area contributed by atoms with Crippen LogP contribution in [0.3, 0.4) is 0 Å². The Morgan fingerprint density at radius 2 is 1.38 bits per heavy atom. The van der Waals surface area contributed by atoms with Crippen LogP contribution in [0, 0.1) is 0 Å². The van der Waals surface area contributed by atoms with Crippen molar-refractivity contribution in [3.63, 3.8) is 0 Å². The second-order valence-corrected chi connectivity index (χ2v) is 5.12. The fourth-order valence-electron chi connectivity index (χ4n) is 2.93. The average Bonchev–Trinajstić information content (AvgIpc) is 2.88. The predicted molar refractivity (Wildman–Crippen MR) is 86.4 cm³/mol. The van der Waals surface area contributed by atoms with Crippen molar-refractivity contribution >= 4 is 32.6 Å². The standard InChI is InChI=1S/C18H15NO2/c1-20-17-9-11-7-14-13-5-3-4-6-15(13)19-16(14)8-12(11)10-18(17)21-2/h3-10,19H,1-2H3. The van der Waals surface area contributed by atoms with Gasteiger partial charge in [-0.2, -0.15) is 0 Å². The maximum atomic E-state index is 5.39. The fourth-order valence-corrected chi connectivity index (χ4v) is 2.93. The number of hydrogen-bond acceptors (Lipinski definition) is 2. The lowest BCUT2D eigenvalue weighted by Gasteiger charge is -2.09. The molecular formula is C18H15NO2. The lowest BCUT2D eigenvalue weighted by Crippen LogP contribution is -1.90. The monoisotopic (exact) mass is 277 g/mol. The SMILES string of the molecule is COc1cc2cc3[nH]c4ccccc4c3cc2cc1OC. The van der Waals surface area contributed by atoms with Gasteiger partial charge in [0.2, 0.25) is 0 Å². The summed E-state index contributed by atoms with van der Waals surface area (Å²) in [7, 11) is 3.32. The van der Waals surface area contributed by atoms with Gasteiger partial charge in [0, 0.05) is 21.8 Å². The van der Waals surface area contributed by atoms with Gasteiger partial charge in [-0.1, -0.05) is 18.2 Å². The van der Waals surface area contributed by atoms with E-state index in [1.165, 1.54) is 10.8 Å². The number of fused-ring (bicyclic) bond motifs is 4. The smallest absolute Gasteiger partial charge is 0.161 e. The minimum absolute atomic E-state index is 0.750. The maximum Gasteiger partial charge on any atom is 0.161 e. The summed E-state index contributed by atoms with van der Waals surface area (Å²) in [5, 5.41) is 4.74. The first kappa shape index (κ1) is 12.1. The zero-order valence-corrected chi connectivity index (χ0v) is 11.9. The van der Waals surface area contributed by atoms with Crippen LogP contribution >= 0.6 is 0 Å². The molecule has 0 saturated heterocycles. The molecule has 4 rings (SSSR count). The molecule has 0 saturated carbocycles. The Balaban J connectivity index is 2.12. The molecule has 0 aliphatic heterocycles. The number of aromatic amines is 1. The molecule has 1 aromatic heterocycles. The van der Waals surface area contributed by atoms with Crippen molar-refractivity contribution in [3.8, 4) is 11.5 Å². The number of benzene rings is 3. The van der Waals surface area contributed by atoms with Crippen molar-refractivity contribution in [1.82, 2.24) is 4.98 Å². The lowest BCUT2D eigenvalue weighted by atomic mass is 10.1. The normalized spacial score (nSPS) is 11.3. The maximum absolute atomic E-state index is 5.39. The van der Waals surface area contributed by atoms with Crippen molar-refractivity contribution < 1.29 is 9.47 Å². The fraction of sp³-hybridized carbons (Fsp3) is 0.111. The van der Waals surface area contributed by atoms with Gasteiger partial charge in [-0.15, -0.1) is 0 Å². The van der Waals surface area contributed by atoms with Crippen molar-refractivity contribution in [2.24, 2.45) is 0 Å². The molecule has 0 fully saturated rings. The van der Waals surface area contributed by atoms with Crippen molar-refractivity contribution in [3.05, 3.63) is 48.5 Å². The Hall–Kier alpha value is -2.68. The van der Waals surface area contributed by atoms with E-state index < -0.39 is 0 Å². The molecule has 0 radical (unpaired) electrons. The minimum atomic E-state index is 0.750. The summed E-state index contributed by atoms with van der Waals surface area (Å²) in [6.07, 6.45) is 0. The molecule has 0 unspecified atom stereocenters. The lowest BCUT2D eigenvalue weighted by molar-refractivity contribution is 0.356. The molecule has 21 heavy (non-hydrogen) atoms. The number of H-pyrrole nitrogens is 1. The van der Waals surface area contributed by atoms with Gasteiger partial charge in [-0.3, -0.25) is 0 Å². The van der Waals surface area contributed by atoms with E-state index >= 15 is 0 Å². The van der Waals surface area contributed by atoms with Crippen LogP contribution in [0.5, 0.6) is 11.5 Å². The second kappa shape index (κ2) is 4.42. The first-order valence-corrected chi connectivity index (χ1v) is 6.86. The van der Waals surface area contributed by atoms with Gasteiger partial charge in [-0.05, 0) is 41.1 Å². The molecule has 104 valence electrons. The van der Waals surface area contributed by atoms with E-state index in [2.05, 4.69) is 35.3 Å². The van der Waals surface area contributed by atoms with Crippen LogP contribution in [-0.4, -0.2) is 19.2 Å². The van der Waals surface area contributed by atoms with E-state index in [9.17, 15) is 0 Å². The first-order valence-electron chi connectivity index (χ1n) is 6.86. The molecular weight excluding hydrogens is 262 g/mol. The number of ether oxygens (including phenoxy) is 2. The first-order chi connectivity index (χ1) is 10.3. The van der Waals surface area contributed by atoms with Gasteiger partial charge >= 0.3 is 0 Å². The van der Waals surface area contributed by atoms with Gasteiger partial charge in [-0.25, -0.2) is 0 Å². The Kier molecular flexibility index (Phi) is 2.54. The van der Waals surface area contributed by atoms with Gasteiger partial charge in [0.15, 0.2) is 11.5 Å². The summed E-state index contributed by atoms with van der Waals surface area (Å²) < 4.78 is 10.8. The number of rotatable bonds is 2. The highest BCUT2D eigenvalue weighted by Gasteiger charge is 2.09. The van der Waals surface area contributed by atoms with E-state index in [0.29, 0.717) is 0 Å². The average molecular weight is 277 g/mol. The number of nitrogens with one attached hydrogen (secondary N) is 1. The van der Waals surface area contributed by atoms with Gasteiger partial charge in [0.25, 0.3) is 0 Å². The summed E-state index contributed by atoms with van der Waals surface area (Å²) in [5.41, 5.74) is 2.29. The van der Waals surface area contributed by atoms with E-state index in [0.717, 1.165) is 33.3 Å². The zero-order chi connectivity index (χ0) is 14.4. The van der Waals surface area contributed by atoms with E-state index in [1.54, 1.807) is 14.2 Å². The van der Waals surface area contributed by atoms with Gasteiger partial charge in [0.05, 0.1) is 14.2 Å². The van der Waals surface area contributed by atoms with Gasteiger partial charge in [0.1, 0.15) is 0 Å². The molecule has 4 aromatic rings. The quantitative estimate of drug-likeness (QED) is 0.585. The summed E-state index contributed by atoms with van der Waals surface area (Å²) >= 11 is 0. The highest BCUT2D eigenvalue weighted by Crippen LogP contribution is 2.35. The number of para-hydroxylation sites is 1. The van der Waals surface area contributed by atoms with Crippen molar-refractivity contribution in [1.29, 1.82) is 0 Å². The number of hydrogen-bond donors (Lipinski definition) is 1. The second-order valence-electron chi connectivity index (χ2n) is 5.12. The summed E-state index contributed by atoms with van der Waals surface area (Å²) in [6, 6.07) is 16.7. The molecule has 3 heteroatoms. The van der Waals surface area contributed by atoms with E-state index in [1.807, 2.05) is 18.2 Å². The van der Waals surface area contributed by atoms with Crippen LogP contribution < -0.4 is 9.47 Å². The van der Waals surface area contributed by atoms with Crippen LogP contribution in [0.4, 0.5) is 0 Å². The number of methoxy groups -OCH3 is 2. The third kappa shape index (κ3) is 1.74. The molecule has 0 spiro atoms. The third-order valence-corrected chi connectivity index (χ3v) is 3.97. The minimum Gasteiger partial charge on any atom is -0.493 e. The van der Waals surface area contributed by atoms with Crippen LogP contribution in [0.25, 0.3) is 32.6 Å². The Labute approximate surface area is 122 Å². The third-order valence-electron chi connectivity index (χ3n) is 3.97. The van der Waals surface area contributed by atoms with E-state index in [4.69, 9.17) is 9.47 Å². The summed E-state index contributed by atoms with van der Waals surface area (Å²) in [4.78, 5) is 3.46. The highest BCUT2D eigenvalue weighted by atomic mass is 16.5. The molecule has 0 amide bonds. The summed E-state index contributed by atoms with van der Waals surface area (Å²) in [5.74, 6) is 1.50. The van der Waals surface area contributed by atoms with Gasteiger partial charge < -0.3 is 14.5 Å². The van der Waals surface area contributed by atoms with Crippen molar-refractivity contribution in [2.75, 3.05) is 14.2 Å². The van der Waals surface area contributed by atoms with Crippen molar-refractivity contribution in [2.45, 2.75) is 0 Å². The summed E-state index contributed by atoms with van der Waals surface area (Å²) in [6.45, 7) is 0. The Morgan fingerprint density at radius 1 is 0.714 bits per heavy atom. The molecule has 3 nitrogen and oxygen atoms in total. The Bertz CT molecular complexity index is 969. The Morgan fingerprint density at radius 3 is 2.10 bits per heavy atom. The molecule has 1 N–H and O–H groups in total. The zero-order valence-electron chi connectivity index (χ0n) is 11.9. The van der Waals surface area contributed by atoms with Crippen LogP contribution in [-0.2, 0) is 0 Å². The number of aromatic nitrogens is 1.